The summed E-state index contributed by atoms with van der Waals surface area (Å²) in [7, 11) is 1.59. The molecule has 1 heterocycles. The van der Waals surface area contributed by atoms with E-state index in [4.69, 9.17) is 5.11 Å². The number of nitrogens with one attached hydrogen (secondary N) is 1. The Morgan fingerprint density at radius 2 is 2.15 bits per heavy atom. The molecule has 2 rings (SSSR count). The molecule has 0 atom stereocenters. The molecule has 106 valence electrons. The van der Waals surface area contributed by atoms with Crippen molar-refractivity contribution < 1.29 is 19.1 Å². The average Bonchev–Trinajstić information content (AvgIpc) is 2.82. The van der Waals surface area contributed by atoms with Crippen LogP contribution >= 0.6 is 0 Å². The second-order valence-corrected chi connectivity index (χ2v) is 4.61. The van der Waals surface area contributed by atoms with Gasteiger partial charge in [-0.3, -0.25) is 9.59 Å². The number of halogens is 1. The number of carbonyl (C=O) groups is 2. The summed E-state index contributed by atoms with van der Waals surface area (Å²) in [4.78, 5) is 26.8. The minimum atomic E-state index is -0.890. The fourth-order valence-electron chi connectivity index (χ4n) is 2.01. The monoisotopic (exact) mass is 278 g/mol. The summed E-state index contributed by atoms with van der Waals surface area (Å²) in [5, 5.41) is 8.93. The van der Waals surface area contributed by atoms with E-state index in [1.165, 1.54) is 17.0 Å². The predicted octanol–water partition coefficient (Wildman–Crippen LogP) is 2.24. The molecule has 2 aromatic rings. The molecule has 0 aliphatic carbocycles. The Balaban J connectivity index is 2.10. The van der Waals surface area contributed by atoms with Crippen molar-refractivity contribution in [3.63, 3.8) is 0 Å². The van der Waals surface area contributed by atoms with Crippen LogP contribution in [0.2, 0.25) is 0 Å². The van der Waals surface area contributed by atoms with E-state index < -0.39 is 5.97 Å². The van der Waals surface area contributed by atoms with Crippen LogP contribution in [0.3, 0.4) is 0 Å². The number of carbonyl (C=O) groups excluding carboxylic acids is 1. The summed E-state index contributed by atoms with van der Waals surface area (Å²) in [5.41, 5.74) is 0.857. The number of aliphatic carboxylic acids is 1. The third-order valence-electron chi connectivity index (χ3n) is 3.07. The van der Waals surface area contributed by atoms with Gasteiger partial charge in [0.05, 0.1) is 0 Å². The highest BCUT2D eigenvalue weighted by atomic mass is 19.1. The molecular formula is C14H15FN2O3. The molecule has 1 aromatic carbocycles. The lowest BCUT2D eigenvalue weighted by Crippen LogP contribution is -2.28. The summed E-state index contributed by atoms with van der Waals surface area (Å²) < 4.78 is 13.5. The number of hydrogen-bond donors (Lipinski definition) is 2. The predicted molar refractivity (Wildman–Crippen MR) is 72.1 cm³/mol. The highest BCUT2D eigenvalue weighted by Crippen LogP contribution is 2.19. The van der Waals surface area contributed by atoms with Crippen molar-refractivity contribution in [2.24, 2.45) is 0 Å². The zero-order chi connectivity index (χ0) is 14.7. The summed E-state index contributed by atoms with van der Waals surface area (Å²) >= 11 is 0. The van der Waals surface area contributed by atoms with Crippen LogP contribution in [0.5, 0.6) is 0 Å². The van der Waals surface area contributed by atoms with Crippen LogP contribution in [0.15, 0.2) is 24.3 Å². The maximum atomic E-state index is 13.5. The number of benzene rings is 1. The molecule has 1 amide bonds. The number of amides is 1. The van der Waals surface area contributed by atoms with Gasteiger partial charge in [-0.05, 0) is 24.6 Å². The SMILES string of the molecule is CN(CCCC(=O)O)C(=O)c1cc2c(F)cccc2[nH]1. The molecule has 6 heteroatoms. The summed E-state index contributed by atoms with van der Waals surface area (Å²) in [6.07, 6.45) is 0.394. The van der Waals surface area contributed by atoms with Gasteiger partial charge >= 0.3 is 5.97 Å². The smallest absolute Gasteiger partial charge is 0.303 e. The van der Waals surface area contributed by atoms with Crippen LogP contribution in [-0.4, -0.2) is 40.5 Å². The van der Waals surface area contributed by atoms with Crippen molar-refractivity contribution in [1.29, 1.82) is 0 Å². The molecule has 0 radical (unpaired) electrons. The van der Waals surface area contributed by atoms with Gasteiger partial charge in [-0.2, -0.15) is 0 Å². The molecule has 20 heavy (non-hydrogen) atoms. The Labute approximate surface area is 115 Å². The molecule has 0 unspecified atom stereocenters. The number of hydrogen-bond acceptors (Lipinski definition) is 2. The van der Waals surface area contributed by atoms with Gasteiger partial charge in [0.25, 0.3) is 5.91 Å². The highest BCUT2D eigenvalue weighted by molar-refractivity contribution is 5.98. The van der Waals surface area contributed by atoms with Gasteiger partial charge in [0.1, 0.15) is 11.5 Å². The van der Waals surface area contributed by atoms with Gasteiger partial charge in [0.15, 0.2) is 0 Å². The molecule has 0 bridgehead atoms. The van der Waals surface area contributed by atoms with E-state index in [1.54, 1.807) is 19.2 Å². The second-order valence-electron chi connectivity index (χ2n) is 4.61. The molecule has 1 aromatic heterocycles. The lowest BCUT2D eigenvalue weighted by molar-refractivity contribution is -0.137. The maximum Gasteiger partial charge on any atom is 0.303 e. The fourth-order valence-corrected chi connectivity index (χ4v) is 2.01. The number of carboxylic acid groups (broad SMARTS) is 1. The highest BCUT2D eigenvalue weighted by Gasteiger charge is 2.15. The van der Waals surface area contributed by atoms with E-state index >= 15 is 0 Å². The lowest BCUT2D eigenvalue weighted by atomic mass is 10.2. The van der Waals surface area contributed by atoms with Crippen LogP contribution < -0.4 is 0 Å². The van der Waals surface area contributed by atoms with E-state index in [2.05, 4.69) is 4.98 Å². The van der Waals surface area contributed by atoms with Crippen LogP contribution in [0.25, 0.3) is 10.9 Å². The number of rotatable bonds is 5. The number of aromatic amines is 1. The Hall–Kier alpha value is -2.37. The normalized spacial score (nSPS) is 10.7. The molecule has 0 spiro atoms. The van der Waals surface area contributed by atoms with Gasteiger partial charge in [-0.15, -0.1) is 0 Å². The Kier molecular flexibility index (Phi) is 4.02. The first-order valence-corrected chi connectivity index (χ1v) is 6.23. The van der Waals surface area contributed by atoms with Gasteiger partial charge in [-0.1, -0.05) is 6.07 Å². The largest absolute Gasteiger partial charge is 0.481 e. The molecule has 0 aliphatic heterocycles. The Morgan fingerprint density at radius 1 is 1.40 bits per heavy atom. The van der Waals surface area contributed by atoms with Crippen LogP contribution in [-0.2, 0) is 4.79 Å². The molecule has 0 saturated carbocycles. The lowest BCUT2D eigenvalue weighted by Gasteiger charge is -2.15. The molecule has 2 N–H and O–H groups in total. The number of aromatic nitrogens is 1. The van der Waals surface area contributed by atoms with Crippen LogP contribution in [0.4, 0.5) is 4.39 Å². The number of H-pyrrole nitrogens is 1. The van der Waals surface area contributed by atoms with E-state index in [9.17, 15) is 14.0 Å². The molecule has 0 aliphatic rings. The van der Waals surface area contributed by atoms with Gasteiger partial charge < -0.3 is 15.0 Å². The minimum Gasteiger partial charge on any atom is -0.481 e. The molecule has 0 fully saturated rings. The van der Waals surface area contributed by atoms with Gasteiger partial charge in [-0.25, -0.2) is 4.39 Å². The van der Waals surface area contributed by atoms with Crippen molar-refractivity contribution >= 4 is 22.8 Å². The first-order valence-electron chi connectivity index (χ1n) is 6.23. The third kappa shape index (κ3) is 2.96. The third-order valence-corrected chi connectivity index (χ3v) is 3.07. The summed E-state index contributed by atoms with van der Waals surface area (Å²) in [6, 6.07) is 6.07. The van der Waals surface area contributed by atoms with Crippen molar-refractivity contribution in [3.05, 3.63) is 35.8 Å². The Bertz CT molecular complexity index is 651. The van der Waals surface area contributed by atoms with Crippen molar-refractivity contribution in [2.45, 2.75) is 12.8 Å². The van der Waals surface area contributed by atoms with Crippen LogP contribution in [0, 0.1) is 5.82 Å². The van der Waals surface area contributed by atoms with E-state index in [0.29, 0.717) is 29.6 Å². The number of fused-ring (bicyclic) bond motifs is 1. The van der Waals surface area contributed by atoms with E-state index in [-0.39, 0.29) is 18.1 Å². The first kappa shape index (κ1) is 14.0. The molecule has 0 saturated heterocycles. The van der Waals surface area contributed by atoms with Crippen LogP contribution in [0.1, 0.15) is 23.3 Å². The molecular weight excluding hydrogens is 263 g/mol. The second kappa shape index (κ2) is 5.73. The van der Waals surface area contributed by atoms with Crippen molar-refractivity contribution in [2.75, 3.05) is 13.6 Å². The van der Waals surface area contributed by atoms with E-state index in [0.717, 1.165) is 0 Å². The first-order chi connectivity index (χ1) is 9.49. The zero-order valence-corrected chi connectivity index (χ0v) is 11.0. The van der Waals surface area contributed by atoms with Gasteiger partial charge in [0, 0.05) is 30.9 Å². The van der Waals surface area contributed by atoms with Gasteiger partial charge in [0.2, 0.25) is 0 Å². The van der Waals surface area contributed by atoms with E-state index in [1.807, 2.05) is 0 Å². The molecule has 5 nitrogen and oxygen atoms in total. The summed E-state index contributed by atoms with van der Waals surface area (Å²) in [6.45, 7) is 0.336. The quantitative estimate of drug-likeness (QED) is 0.881. The standard InChI is InChI=1S/C14H15FN2O3/c1-17(7-3-6-13(18)19)14(20)12-8-9-10(15)4-2-5-11(9)16-12/h2,4-5,8,16H,3,6-7H2,1H3,(H,18,19). The minimum absolute atomic E-state index is 0.0128. The number of nitrogens with zero attached hydrogens (tertiary/aromatic N) is 1. The van der Waals surface area contributed by atoms with Crippen molar-refractivity contribution in [1.82, 2.24) is 9.88 Å². The summed E-state index contributed by atoms with van der Waals surface area (Å²) in [5.74, 6) is -1.56. The fraction of sp³-hybridized carbons (Fsp3) is 0.286. The van der Waals surface area contributed by atoms with Crippen molar-refractivity contribution in [3.8, 4) is 0 Å². The Morgan fingerprint density at radius 3 is 2.80 bits per heavy atom. The maximum absolute atomic E-state index is 13.5. The zero-order valence-electron chi connectivity index (χ0n) is 11.0. The average molecular weight is 278 g/mol. The topological polar surface area (TPSA) is 73.4 Å². The number of carboxylic acids is 1.